The lowest BCUT2D eigenvalue weighted by atomic mass is 10.2. The molecule has 0 aliphatic heterocycles. The highest BCUT2D eigenvalue weighted by molar-refractivity contribution is 5.54. The van der Waals surface area contributed by atoms with Gasteiger partial charge in [-0.3, -0.25) is 0 Å². The first-order chi connectivity index (χ1) is 9.95. The van der Waals surface area contributed by atoms with E-state index in [2.05, 4.69) is 14.9 Å². The normalized spacial score (nSPS) is 12.9. The van der Waals surface area contributed by atoms with E-state index in [1.165, 1.54) is 12.1 Å². The Morgan fingerprint density at radius 2 is 1.95 bits per heavy atom. The maximum absolute atomic E-state index is 12.1. The fourth-order valence-electron chi connectivity index (χ4n) is 1.76. The van der Waals surface area contributed by atoms with Crippen molar-refractivity contribution in [2.45, 2.75) is 12.7 Å². The summed E-state index contributed by atoms with van der Waals surface area (Å²) >= 11 is 0. The number of aromatic nitrogens is 2. The Morgan fingerprint density at radius 1 is 1.29 bits per heavy atom. The summed E-state index contributed by atoms with van der Waals surface area (Å²) in [6, 6.07) is 5.58. The van der Waals surface area contributed by atoms with Crippen molar-refractivity contribution in [1.82, 2.24) is 15.0 Å². The molecule has 2 rings (SSSR count). The van der Waals surface area contributed by atoms with Gasteiger partial charge in [0.05, 0.1) is 6.04 Å². The molecule has 1 aromatic carbocycles. The molecule has 0 saturated heterocycles. The van der Waals surface area contributed by atoms with Gasteiger partial charge in [0.2, 0.25) is 0 Å². The number of alkyl halides is 2. The van der Waals surface area contributed by atoms with E-state index in [1.54, 1.807) is 12.1 Å². The van der Waals surface area contributed by atoms with Gasteiger partial charge >= 0.3 is 6.61 Å². The Bertz CT molecular complexity index is 572. The molecule has 0 spiro atoms. The molecule has 0 aliphatic rings. The molecular weight excluding hydrogens is 282 g/mol. The average molecular weight is 298 g/mol. The molecule has 0 aliphatic carbocycles. The zero-order valence-corrected chi connectivity index (χ0v) is 11.7. The standard InChI is InChI=1S/C13H16F2N4O2/c1-19(2)7-10(16)11-17-12(21-18-11)8-3-5-9(6-4-8)20-13(14)15/h3-6,10,13H,7,16H2,1-2H3. The largest absolute Gasteiger partial charge is 0.435 e. The number of benzene rings is 1. The fourth-order valence-corrected chi connectivity index (χ4v) is 1.76. The molecule has 0 saturated carbocycles. The second-order valence-corrected chi connectivity index (χ2v) is 4.73. The highest BCUT2D eigenvalue weighted by atomic mass is 19.3. The summed E-state index contributed by atoms with van der Waals surface area (Å²) in [6.45, 7) is -2.27. The molecule has 0 fully saturated rings. The van der Waals surface area contributed by atoms with Crippen molar-refractivity contribution in [3.05, 3.63) is 30.1 Å². The molecule has 1 aromatic heterocycles. The van der Waals surface area contributed by atoms with Gasteiger partial charge in [0.25, 0.3) is 5.89 Å². The summed E-state index contributed by atoms with van der Waals surface area (Å²) in [6.07, 6.45) is 0. The van der Waals surface area contributed by atoms with Crippen LogP contribution in [0.1, 0.15) is 11.9 Å². The van der Waals surface area contributed by atoms with Gasteiger partial charge < -0.3 is 19.9 Å². The van der Waals surface area contributed by atoms with E-state index in [0.29, 0.717) is 17.9 Å². The van der Waals surface area contributed by atoms with Crippen molar-refractivity contribution in [2.24, 2.45) is 5.73 Å². The Balaban J connectivity index is 2.10. The molecule has 0 amide bonds. The van der Waals surface area contributed by atoms with Crippen molar-refractivity contribution >= 4 is 0 Å². The van der Waals surface area contributed by atoms with Crippen LogP contribution < -0.4 is 10.5 Å². The van der Waals surface area contributed by atoms with Crippen LogP contribution in [0.25, 0.3) is 11.5 Å². The van der Waals surface area contributed by atoms with Crippen LogP contribution in [-0.2, 0) is 0 Å². The summed E-state index contributed by atoms with van der Waals surface area (Å²) in [7, 11) is 3.78. The van der Waals surface area contributed by atoms with Crippen molar-refractivity contribution in [3.63, 3.8) is 0 Å². The van der Waals surface area contributed by atoms with E-state index in [9.17, 15) is 8.78 Å². The Hall–Kier alpha value is -2.06. The number of likely N-dealkylation sites (N-methyl/N-ethyl adjacent to an activating group) is 1. The zero-order valence-electron chi connectivity index (χ0n) is 11.7. The number of rotatable bonds is 6. The first-order valence-electron chi connectivity index (χ1n) is 6.25. The zero-order chi connectivity index (χ0) is 15.4. The van der Waals surface area contributed by atoms with Crippen molar-refractivity contribution in [1.29, 1.82) is 0 Å². The lowest BCUT2D eigenvalue weighted by molar-refractivity contribution is -0.0498. The minimum Gasteiger partial charge on any atom is -0.435 e. The lowest BCUT2D eigenvalue weighted by Crippen LogP contribution is -2.26. The van der Waals surface area contributed by atoms with Gasteiger partial charge in [0.1, 0.15) is 5.75 Å². The predicted octanol–water partition coefficient (Wildman–Crippen LogP) is 1.90. The number of ether oxygens (including phenoxy) is 1. The molecule has 2 N–H and O–H groups in total. The quantitative estimate of drug-likeness (QED) is 0.877. The van der Waals surface area contributed by atoms with E-state index in [-0.39, 0.29) is 17.7 Å². The number of hydrogen-bond acceptors (Lipinski definition) is 6. The minimum atomic E-state index is -2.85. The van der Waals surface area contributed by atoms with Crippen LogP contribution in [0.2, 0.25) is 0 Å². The van der Waals surface area contributed by atoms with Gasteiger partial charge in [-0.05, 0) is 38.4 Å². The summed E-state index contributed by atoms with van der Waals surface area (Å²) in [5, 5.41) is 3.83. The van der Waals surface area contributed by atoms with Crippen molar-refractivity contribution in [2.75, 3.05) is 20.6 Å². The van der Waals surface area contributed by atoms with Crippen molar-refractivity contribution in [3.8, 4) is 17.2 Å². The Labute approximate surface area is 120 Å². The second-order valence-electron chi connectivity index (χ2n) is 4.73. The van der Waals surface area contributed by atoms with Crippen molar-refractivity contribution < 1.29 is 18.0 Å². The van der Waals surface area contributed by atoms with Gasteiger partial charge in [-0.2, -0.15) is 13.8 Å². The number of halogens is 2. The highest BCUT2D eigenvalue weighted by Gasteiger charge is 2.16. The minimum absolute atomic E-state index is 0.0674. The van der Waals surface area contributed by atoms with Crippen LogP contribution in [-0.4, -0.2) is 42.3 Å². The molecule has 2 aromatic rings. The molecule has 1 heterocycles. The molecule has 1 atom stereocenters. The average Bonchev–Trinajstić information content (AvgIpc) is 2.87. The summed E-state index contributed by atoms with van der Waals surface area (Å²) in [4.78, 5) is 6.12. The number of nitrogens with two attached hydrogens (primary N) is 1. The van der Waals surface area contributed by atoms with E-state index in [0.717, 1.165) is 0 Å². The SMILES string of the molecule is CN(C)CC(N)c1noc(-c2ccc(OC(F)F)cc2)n1. The molecule has 1 unspecified atom stereocenters. The second kappa shape index (κ2) is 6.59. The summed E-state index contributed by atoms with van der Waals surface area (Å²) in [5.74, 6) is 0.743. The molecule has 6 nitrogen and oxygen atoms in total. The molecule has 8 heteroatoms. The van der Waals surface area contributed by atoms with Gasteiger partial charge in [-0.1, -0.05) is 5.16 Å². The van der Waals surface area contributed by atoms with Crippen LogP contribution in [0.3, 0.4) is 0 Å². The third kappa shape index (κ3) is 4.20. The third-order valence-electron chi connectivity index (χ3n) is 2.66. The topological polar surface area (TPSA) is 77.4 Å². The van der Waals surface area contributed by atoms with Gasteiger partial charge in [-0.25, -0.2) is 0 Å². The van der Waals surface area contributed by atoms with Gasteiger partial charge in [0, 0.05) is 12.1 Å². The first-order valence-corrected chi connectivity index (χ1v) is 6.25. The van der Waals surface area contributed by atoms with Gasteiger partial charge in [-0.15, -0.1) is 0 Å². The fraction of sp³-hybridized carbons (Fsp3) is 0.385. The van der Waals surface area contributed by atoms with E-state index in [4.69, 9.17) is 10.3 Å². The smallest absolute Gasteiger partial charge is 0.387 e. The molecule has 114 valence electrons. The molecule has 0 bridgehead atoms. The monoisotopic (exact) mass is 298 g/mol. The van der Waals surface area contributed by atoms with Crippen LogP contribution >= 0.6 is 0 Å². The molecule has 21 heavy (non-hydrogen) atoms. The van der Waals surface area contributed by atoms with E-state index < -0.39 is 6.61 Å². The number of nitrogens with zero attached hydrogens (tertiary/aromatic N) is 3. The Kier molecular flexibility index (Phi) is 4.81. The van der Waals surface area contributed by atoms with E-state index >= 15 is 0 Å². The van der Waals surface area contributed by atoms with Crippen LogP contribution in [0.5, 0.6) is 5.75 Å². The highest BCUT2D eigenvalue weighted by Crippen LogP contribution is 2.22. The first kappa shape index (κ1) is 15.3. The molecular formula is C13H16F2N4O2. The van der Waals surface area contributed by atoms with Gasteiger partial charge in [0.15, 0.2) is 5.82 Å². The van der Waals surface area contributed by atoms with Crippen LogP contribution in [0.4, 0.5) is 8.78 Å². The maximum atomic E-state index is 12.1. The van der Waals surface area contributed by atoms with Crippen LogP contribution in [0, 0.1) is 0 Å². The Morgan fingerprint density at radius 3 is 2.52 bits per heavy atom. The molecule has 0 radical (unpaired) electrons. The van der Waals surface area contributed by atoms with Crippen LogP contribution in [0.15, 0.2) is 28.8 Å². The maximum Gasteiger partial charge on any atom is 0.387 e. The summed E-state index contributed by atoms with van der Waals surface area (Å²) in [5.41, 5.74) is 6.54. The number of hydrogen-bond donors (Lipinski definition) is 1. The van der Waals surface area contributed by atoms with E-state index in [1.807, 2.05) is 19.0 Å². The lowest BCUT2D eigenvalue weighted by Gasteiger charge is -2.12. The third-order valence-corrected chi connectivity index (χ3v) is 2.66. The summed E-state index contributed by atoms with van der Waals surface area (Å²) < 4.78 is 33.5. The predicted molar refractivity (Wildman–Crippen MR) is 71.8 cm³/mol.